The number of hydrogen-bond acceptors (Lipinski definition) is 7. The highest BCUT2D eigenvalue weighted by atomic mass is 32.2. The van der Waals surface area contributed by atoms with Crippen molar-refractivity contribution in [3.8, 4) is 0 Å². The predicted octanol–water partition coefficient (Wildman–Crippen LogP) is 2.02. The lowest BCUT2D eigenvalue weighted by Crippen LogP contribution is -2.43. The molecule has 1 amide bonds. The summed E-state index contributed by atoms with van der Waals surface area (Å²) in [5, 5.41) is 19.4. The number of aliphatic hydroxyl groups is 1. The van der Waals surface area contributed by atoms with Gasteiger partial charge in [0, 0.05) is 43.3 Å². The van der Waals surface area contributed by atoms with Crippen LogP contribution in [-0.2, 0) is 4.79 Å². The molecular weight excluding hydrogens is 374 g/mol. The van der Waals surface area contributed by atoms with Crippen LogP contribution in [0.25, 0.3) is 0 Å². The molecule has 0 spiro atoms. The highest BCUT2D eigenvalue weighted by Gasteiger charge is 2.31. The zero-order valence-electron chi connectivity index (χ0n) is 15.1. The fourth-order valence-corrected chi connectivity index (χ4v) is 4.88. The van der Waals surface area contributed by atoms with Crippen molar-refractivity contribution in [3.63, 3.8) is 0 Å². The number of likely N-dealkylation sites (tertiary alicyclic amines) is 1. The van der Waals surface area contributed by atoms with E-state index in [2.05, 4.69) is 16.8 Å². The minimum absolute atomic E-state index is 0.0779. The Labute approximate surface area is 162 Å². The maximum absolute atomic E-state index is 12.2. The number of carbonyl (C=O) groups is 2. The van der Waals surface area contributed by atoms with Gasteiger partial charge in [-0.2, -0.15) is 0 Å². The Hall–Kier alpha value is -1.16. The zero-order valence-corrected chi connectivity index (χ0v) is 16.7. The van der Waals surface area contributed by atoms with Gasteiger partial charge in [-0.1, -0.05) is 18.7 Å². The fourth-order valence-electron chi connectivity index (χ4n) is 3.07. The second-order valence-corrected chi connectivity index (χ2v) is 8.46. The maximum atomic E-state index is 12.2. The molecule has 2 heterocycles. The van der Waals surface area contributed by atoms with Crippen LogP contribution in [0.4, 0.5) is 0 Å². The van der Waals surface area contributed by atoms with Gasteiger partial charge >= 0.3 is 5.97 Å². The molecule has 146 valence electrons. The average Bonchev–Trinajstić information content (AvgIpc) is 3.22. The van der Waals surface area contributed by atoms with Gasteiger partial charge in [0.2, 0.25) is 5.91 Å². The number of aromatic carboxylic acids is 1. The van der Waals surface area contributed by atoms with Crippen molar-refractivity contribution in [1.82, 2.24) is 14.8 Å². The van der Waals surface area contributed by atoms with Crippen LogP contribution in [0.5, 0.6) is 0 Å². The van der Waals surface area contributed by atoms with E-state index in [1.165, 1.54) is 23.1 Å². The molecule has 1 unspecified atom stereocenters. The summed E-state index contributed by atoms with van der Waals surface area (Å²) in [5.74, 6) is -0.0954. The third-order valence-electron chi connectivity index (χ3n) is 4.51. The first-order valence-electron chi connectivity index (χ1n) is 8.99. The van der Waals surface area contributed by atoms with Crippen LogP contribution in [-0.4, -0.2) is 81.5 Å². The first-order chi connectivity index (χ1) is 12.5. The summed E-state index contributed by atoms with van der Waals surface area (Å²) in [6.45, 7) is 5.77. The Kier molecular flexibility index (Phi) is 8.83. The van der Waals surface area contributed by atoms with Crippen LogP contribution in [0.1, 0.15) is 43.1 Å². The van der Waals surface area contributed by atoms with Gasteiger partial charge in [-0.3, -0.25) is 4.79 Å². The molecule has 1 aromatic heterocycles. The number of thiazole rings is 1. The van der Waals surface area contributed by atoms with E-state index in [1.54, 1.807) is 5.38 Å². The number of aromatic nitrogens is 1. The standard InChI is InChI=1S/C17H27N3O4S2/c1-2-19(7-3-4-9-21)11-13-5-6-15(22)20(13)8-10-25-17-18-14(12-26-17)16(23)24/h12-13,21H,2-11H2,1H3,(H,23,24). The molecule has 0 saturated carbocycles. The van der Waals surface area contributed by atoms with E-state index in [9.17, 15) is 9.59 Å². The molecule has 2 rings (SSSR count). The van der Waals surface area contributed by atoms with E-state index in [4.69, 9.17) is 10.2 Å². The van der Waals surface area contributed by atoms with Gasteiger partial charge in [-0.25, -0.2) is 9.78 Å². The van der Waals surface area contributed by atoms with E-state index in [1.807, 2.05) is 4.90 Å². The summed E-state index contributed by atoms with van der Waals surface area (Å²) in [4.78, 5) is 31.5. The molecule has 0 bridgehead atoms. The molecule has 7 nitrogen and oxygen atoms in total. The second kappa shape index (κ2) is 10.9. The fraction of sp³-hybridized carbons (Fsp3) is 0.706. The number of thioether (sulfide) groups is 1. The van der Waals surface area contributed by atoms with Gasteiger partial charge in [-0.15, -0.1) is 11.3 Å². The third kappa shape index (κ3) is 6.22. The number of nitrogens with zero attached hydrogens (tertiary/aromatic N) is 3. The Morgan fingerprint density at radius 2 is 2.31 bits per heavy atom. The number of likely N-dealkylation sites (N-methyl/N-ethyl adjacent to an activating group) is 1. The smallest absolute Gasteiger partial charge is 0.355 e. The van der Waals surface area contributed by atoms with Crippen LogP contribution in [0.3, 0.4) is 0 Å². The van der Waals surface area contributed by atoms with E-state index in [0.29, 0.717) is 18.7 Å². The Morgan fingerprint density at radius 3 is 2.96 bits per heavy atom. The Balaban J connectivity index is 1.81. The summed E-state index contributed by atoms with van der Waals surface area (Å²) >= 11 is 2.83. The van der Waals surface area contributed by atoms with Crippen molar-refractivity contribution in [2.75, 3.05) is 38.5 Å². The number of aliphatic hydroxyl groups excluding tert-OH is 1. The highest BCUT2D eigenvalue weighted by Crippen LogP contribution is 2.25. The number of carboxylic acid groups (broad SMARTS) is 1. The van der Waals surface area contributed by atoms with Gasteiger partial charge in [0.05, 0.1) is 0 Å². The van der Waals surface area contributed by atoms with E-state index < -0.39 is 5.97 Å². The molecule has 0 aliphatic carbocycles. The Morgan fingerprint density at radius 1 is 1.50 bits per heavy atom. The molecule has 1 atom stereocenters. The first-order valence-corrected chi connectivity index (χ1v) is 10.9. The third-order valence-corrected chi connectivity index (χ3v) is 6.51. The predicted molar refractivity (Wildman–Crippen MR) is 103 cm³/mol. The molecule has 0 aromatic carbocycles. The number of amides is 1. The molecule has 1 aliphatic rings. The normalized spacial score (nSPS) is 17.4. The summed E-state index contributed by atoms with van der Waals surface area (Å²) in [5.41, 5.74) is 0.0779. The average molecular weight is 402 g/mol. The van der Waals surface area contributed by atoms with Crippen LogP contribution in [0.15, 0.2) is 9.72 Å². The van der Waals surface area contributed by atoms with Gasteiger partial charge in [-0.05, 0) is 32.4 Å². The van der Waals surface area contributed by atoms with Crippen LogP contribution < -0.4 is 0 Å². The molecule has 2 N–H and O–H groups in total. The molecule has 1 fully saturated rings. The summed E-state index contributed by atoms with van der Waals surface area (Å²) in [6.07, 6.45) is 3.27. The van der Waals surface area contributed by atoms with Crippen molar-refractivity contribution < 1.29 is 19.8 Å². The largest absolute Gasteiger partial charge is 0.476 e. The van der Waals surface area contributed by atoms with E-state index in [-0.39, 0.29) is 24.2 Å². The van der Waals surface area contributed by atoms with Crippen molar-refractivity contribution in [1.29, 1.82) is 0 Å². The minimum Gasteiger partial charge on any atom is -0.476 e. The van der Waals surface area contributed by atoms with Crippen LogP contribution in [0, 0.1) is 0 Å². The van der Waals surface area contributed by atoms with Gasteiger partial charge in [0.15, 0.2) is 10.0 Å². The van der Waals surface area contributed by atoms with Crippen molar-refractivity contribution in [3.05, 3.63) is 11.1 Å². The Bertz CT molecular complexity index is 596. The molecule has 1 aliphatic heterocycles. The summed E-state index contributed by atoms with van der Waals surface area (Å²) in [7, 11) is 0. The van der Waals surface area contributed by atoms with Crippen molar-refractivity contribution >= 4 is 35.0 Å². The molecule has 1 saturated heterocycles. The minimum atomic E-state index is -1.01. The topological polar surface area (TPSA) is 94.0 Å². The van der Waals surface area contributed by atoms with Crippen molar-refractivity contribution in [2.45, 2.75) is 43.0 Å². The molecular formula is C17H27N3O4S2. The summed E-state index contributed by atoms with van der Waals surface area (Å²) in [6, 6.07) is 0.239. The quantitative estimate of drug-likeness (QED) is 0.409. The number of carboxylic acids is 1. The first kappa shape index (κ1) is 21.1. The van der Waals surface area contributed by atoms with Gasteiger partial charge in [0.1, 0.15) is 0 Å². The van der Waals surface area contributed by atoms with Gasteiger partial charge < -0.3 is 20.0 Å². The zero-order chi connectivity index (χ0) is 18.9. The number of rotatable bonds is 12. The van der Waals surface area contributed by atoms with Gasteiger partial charge in [0.25, 0.3) is 0 Å². The lowest BCUT2D eigenvalue weighted by atomic mass is 10.2. The van der Waals surface area contributed by atoms with Crippen LogP contribution >= 0.6 is 23.1 Å². The summed E-state index contributed by atoms with van der Waals surface area (Å²) < 4.78 is 0.727. The van der Waals surface area contributed by atoms with E-state index >= 15 is 0 Å². The number of hydrogen-bond donors (Lipinski definition) is 2. The SMILES string of the molecule is CCN(CCCCO)CC1CCC(=O)N1CCSc1nc(C(=O)O)cs1. The highest BCUT2D eigenvalue weighted by molar-refractivity contribution is 8.01. The van der Waals surface area contributed by atoms with E-state index in [0.717, 1.165) is 43.2 Å². The lowest BCUT2D eigenvalue weighted by Gasteiger charge is -2.30. The van der Waals surface area contributed by atoms with Crippen LogP contribution in [0.2, 0.25) is 0 Å². The molecule has 9 heteroatoms. The maximum Gasteiger partial charge on any atom is 0.355 e. The molecule has 1 aromatic rings. The lowest BCUT2D eigenvalue weighted by molar-refractivity contribution is -0.128. The number of unbranched alkanes of at least 4 members (excludes halogenated alkanes) is 1. The molecule has 0 radical (unpaired) electrons. The monoisotopic (exact) mass is 401 g/mol. The van der Waals surface area contributed by atoms with Crippen molar-refractivity contribution in [2.24, 2.45) is 0 Å². The number of carbonyl (C=O) groups excluding carboxylic acids is 1. The second-order valence-electron chi connectivity index (χ2n) is 6.26. The molecule has 26 heavy (non-hydrogen) atoms.